The lowest BCUT2D eigenvalue weighted by molar-refractivity contribution is -0.123. The van der Waals surface area contributed by atoms with Crippen LogP contribution in [0.1, 0.15) is 264 Å². The van der Waals surface area contributed by atoms with Crippen LogP contribution in [0.4, 0.5) is 0 Å². The Morgan fingerprint density at radius 2 is 0.745 bits per heavy atom. The summed E-state index contributed by atoms with van der Waals surface area (Å²) in [6, 6.07) is -0.547. The summed E-state index contributed by atoms with van der Waals surface area (Å²) in [6.07, 6.45) is 54.4. The van der Waals surface area contributed by atoms with Gasteiger partial charge in [-0.1, -0.05) is 231 Å². The van der Waals surface area contributed by atoms with Crippen molar-refractivity contribution < 1.29 is 15.0 Å². The fraction of sp³-hybridized carbons (Fsp3) is 0.936. The topological polar surface area (TPSA) is 69.6 Å². The molecule has 4 nitrogen and oxygen atoms in total. The van der Waals surface area contributed by atoms with Crippen LogP contribution in [-0.4, -0.2) is 34.9 Å². The Morgan fingerprint density at radius 3 is 1.08 bits per heavy atom. The lowest BCUT2D eigenvalue weighted by atomic mass is 10.0. The SMILES string of the molecule is CCCCCCCCCCCCC/C=C/CCCC[C@@H](O)[C@H](CO)NC(=O)CCCCCCCCCCCCCCCCCCCCCCCC. The van der Waals surface area contributed by atoms with Crippen LogP contribution in [0.15, 0.2) is 12.2 Å². The summed E-state index contributed by atoms with van der Waals surface area (Å²) in [5.41, 5.74) is 0. The van der Waals surface area contributed by atoms with Gasteiger partial charge in [-0.3, -0.25) is 4.79 Å². The van der Waals surface area contributed by atoms with Crippen LogP contribution in [0, 0.1) is 0 Å². The molecule has 0 aromatic rings. The number of allylic oxidation sites excluding steroid dienone is 2. The first-order chi connectivity index (χ1) is 25.2. The Kier molecular flexibility index (Phi) is 42.8. The van der Waals surface area contributed by atoms with E-state index < -0.39 is 12.1 Å². The Balaban J connectivity index is 3.48. The highest BCUT2D eigenvalue weighted by Gasteiger charge is 2.19. The molecule has 1 amide bonds. The zero-order chi connectivity index (χ0) is 37.1. The molecule has 0 aliphatic heterocycles. The molecule has 2 atom stereocenters. The zero-order valence-electron chi connectivity index (χ0n) is 34.9. The first kappa shape index (κ1) is 50.1. The minimum Gasteiger partial charge on any atom is -0.394 e. The van der Waals surface area contributed by atoms with Gasteiger partial charge in [0.1, 0.15) is 0 Å². The number of aliphatic hydroxyl groups is 2. The smallest absolute Gasteiger partial charge is 0.220 e. The fourth-order valence-corrected chi connectivity index (χ4v) is 7.42. The standard InChI is InChI=1S/C47H93NO3/c1-3-5-7-9-11-13-15-17-19-21-22-23-24-25-27-29-31-33-35-37-39-41-43-47(51)48-45(44-49)46(50)42-40-38-36-34-32-30-28-26-20-18-16-14-12-10-8-6-4-2/h32,34,45-46,49-50H,3-31,33,35-44H2,1-2H3,(H,48,51)/b34-32+/t45-,46+/m0/s1. The average molecular weight is 720 g/mol. The molecule has 0 aliphatic rings. The maximum Gasteiger partial charge on any atom is 0.220 e. The molecule has 0 saturated carbocycles. The molecule has 0 aromatic carbocycles. The van der Waals surface area contributed by atoms with Crippen molar-refractivity contribution >= 4 is 5.91 Å². The van der Waals surface area contributed by atoms with E-state index in [-0.39, 0.29) is 12.5 Å². The van der Waals surface area contributed by atoms with E-state index in [1.807, 2.05) is 0 Å². The number of hydrogen-bond acceptors (Lipinski definition) is 3. The Bertz CT molecular complexity index is 695. The highest BCUT2D eigenvalue weighted by Crippen LogP contribution is 2.16. The molecule has 4 heteroatoms. The third-order valence-electron chi connectivity index (χ3n) is 11.0. The Labute approximate surface area is 320 Å². The number of unbranched alkanes of at least 4 members (excludes halogenated alkanes) is 34. The largest absolute Gasteiger partial charge is 0.394 e. The van der Waals surface area contributed by atoms with Crippen molar-refractivity contribution in [2.24, 2.45) is 0 Å². The van der Waals surface area contributed by atoms with Crippen molar-refractivity contribution in [2.45, 2.75) is 276 Å². The second-order valence-corrected chi connectivity index (χ2v) is 16.2. The van der Waals surface area contributed by atoms with Crippen molar-refractivity contribution in [3.05, 3.63) is 12.2 Å². The highest BCUT2D eigenvalue weighted by atomic mass is 16.3. The third-order valence-corrected chi connectivity index (χ3v) is 11.0. The van der Waals surface area contributed by atoms with Crippen LogP contribution in [0.2, 0.25) is 0 Å². The van der Waals surface area contributed by atoms with Gasteiger partial charge in [0.25, 0.3) is 0 Å². The maximum absolute atomic E-state index is 12.4. The van der Waals surface area contributed by atoms with Crippen molar-refractivity contribution in [1.82, 2.24) is 5.32 Å². The van der Waals surface area contributed by atoms with Crippen LogP contribution >= 0.6 is 0 Å². The van der Waals surface area contributed by atoms with Gasteiger partial charge in [0, 0.05) is 6.42 Å². The Hall–Kier alpha value is -0.870. The lowest BCUT2D eigenvalue weighted by Gasteiger charge is -2.22. The van der Waals surface area contributed by atoms with Crippen LogP contribution in [-0.2, 0) is 4.79 Å². The Morgan fingerprint density at radius 1 is 0.451 bits per heavy atom. The highest BCUT2D eigenvalue weighted by molar-refractivity contribution is 5.76. The molecule has 0 saturated heterocycles. The maximum atomic E-state index is 12.4. The molecule has 0 spiro atoms. The molecule has 0 bridgehead atoms. The molecule has 0 rings (SSSR count). The van der Waals surface area contributed by atoms with Gasteiger partial charge in [0.2, 0.25) is 5.91 Å². The lowest BCUT2D eigenvalue weighted by Crippen LogP contribution is -2.45. The normalized spacial score (nSPS) is 12.9. The van der Waals surface area contributed by atoms with E-state index in [4.69, 9.17) is 0 Å². The number of hydrogen-bond donors (Lipinski definition) is 3. The number of aliphatic hydroxyl groups excluding tert-OH is 2. The molecule has 51 heavy (non-hydrogen) atoms. The second-order valence-electron chi connectivity index (χ2n) is 16.2. The summed E-state index contributed by atoms with van der Waals surface area (Å²) in [5.74, 6) is -0.0355. The van der Waals surface area contributed by atoms with Crippen molar-refractivity contribution in [2.75, 3.05) is 6.61 Å². The van der Waals surface area contributed by atoms with E-state index in [1.165, 1.54) is 205 Å². The molecule has 3 N–H and O–H groups in total. The summed E-state index contributed by atoms with van der Waals surface area (Å²) in [7, 11) is 0. The van der Waals surface area contributed by atoms with Crippen molar-refractivity contribution in [3.63, 3.8) is 0 Å². The number of carbonyl (C=O) groups is 1. The molecule has 0 unspecified atom stereocenters. The van der Waals surface area contributed by atoms with E-state index in [0.717, 1.165) is 32.1 Å². The van der Waals surface area contributed by atoms with Crippen LogP contribution < -0.4 is 5.32 Å². The number of rotatable bonds is 43. The molecule has 0 aromatic heterocycles. The van der Waals surface area contributed by atoms with Gasteiger partial charge in [-0.05, 0) is 38.5 Å². The van der Waals surface area contributed by atoms with Gasteiger partial charge in [-0.15, -0.1) is 0 Å². The summed E-state index contributed by atoms with van der Waals surface area (Å²) >= 11 is 0. The van der Waals surface area contributed by atoms with E-state index in [0.29, 0.717) is 12.8 Å². The van der Waals surface area contributed by atoms with Gasteiger partial charge in [-0.25, -0.2) is 0 Å². The van der Waals surface area contributed by atoms with Gasteiger partial charge in [-0.2, -0.15) is 0 Å². The van der Waals surface area contributed by atoms with Crippen molar-refractivity contribution in [3.8, 4) is 0 Å². The van der Waals surface area contributed by atoms with E-state index >= 15 is 0 Å². The van der Waals surface area contributed by atoms with Crippen molar-refractivity contribution in [1.29, 1.82) is 0 Å². The minimum atomic E-state index is -0.677. The summed E-state index contributed by atoms with van der Waals surface area (Å²) in [4.78, 5) is 12.4. The average Bonchev–Trinajstić information content (AvgIpc) is 3.13. The minimum absolute atomic E-state index is 0.0355. The fourth-order valence-electron chi connectivity index (χ4n) is 7.42. The van der Waals surface area contributed by atoms with Gasteiger partial charge in [0.15, 0.2) is 0 Å². The van der Waals surface area contributed by atoms with E-state index in [9.17, 15) is 15.0 Å². The van der Waals surface area contributed by atoms with E-state index in [2.05, 4.69) is 31.3 Å². The zero-order valence-corrected chi connectivity index (χ0v) is 34.9. The summed E-state index contributed by atoms with van der Waals surface area (Å²) in [6.45, 7) is 4.37. The third kappa shape index (κ3) is 40.2. The molecule has 0 aliphatic carbocycles. The predicted molar refractivity (Wildman–Crippen MR) is 226 cm³/mol. The van der Waals surface area contributed by atoms with Gasteiger partial charge >= 0.3 is 0 Å². The molecular weight excluding hydrogens is 627 g/mol. The van der Waals surface area contributed by atoms with Gasteiger partial charge < -0.3 is 15.5 Å². The van der Waals surface area contributed by atoms with Crippen LogP contribution in [0.25, 0.3) is 0 Å². The predicted octanol–water partition coefficient (Wildman–Crippen LogP) is 14.6. The quantitative estimate of drug-likeness (QED) is 0.0434. The summed E-state index contributed by atoms with van der Waals surface area (Å²) < 4.78 is 0. The summed E-state index contributed by atoms with van der Waals surface area (Å²) in [5, 5.41) is 23.2. The molecule has 0 radical (unpaired) electrons. The number of amides is 1. The number of nitrogens with one attached hydrogen (secondary N) is 1. The van der Waals surface area contributed by atoms with Crippen LogP contribution in [0.5, 0.6) is 0 Å². The monoisotopic (exact) mass is 720 g/mol. The molecular formula is C47H93NO3. The molecule has 304 valence electrons. The first-order valence-corrected chi connectivity index (χ1v) is 23.4. The van der Waals surface area contributed by atoms with Crippen LogP contribution in [0.3, 0.4) is 0 Å². The first-order valence-electron chi connectivity index (χ1n) is 23.4. The number of carbonyl (C=O) groups excluding carboxylic acids is 1. The van der Waals surface area contributed by atoms with E-state index in [1.54, 1.807) is 0 Å². The second kappa shape index (κ2) is 43.5. The molecule has 0 heterocycles. The molecule has 0 fully saturated rings. The van der Waals surface area contributed by atoms with Gasteiger partial charge in [0.05, 0.1) is 18.8 Å².